The molecule has 7 heteroatoms. The van der Waals surface area contributed by atoms with Crippen molar-refractivity contribution in [2.45, 2.75) is 46.0 Å². The van der Waals surface area contributed by atoms with E-state index in [4.69, 9.17) is 10.7 Å². The van der Waals surface area contributed by atoms with Gasteiger partial charge in [-0.2, -0.15) is 4.52 Å². The highest BCUT2D eigenvalue weighted by Gasteiger charge is 2.13. The molecule has 0 unspecified atom stereocenters. The summed E-state index contributed by atoms with van der Waals surface area (Å²) in [4.78, 5) is 19.7. The zero-order valence-electron chi connectivity index (χ0n) is 18.1. The van der Waals surface area contributed by atoms with E-state index in [2.05, 4.69) is 40.5 Å². The third-order valence-electron chi connectivity index (χ3n) is 5.48. The summed E-state index contributed by atoms with van der Waals surface area (Å²) in [6.45, 7) is 5.07. The van der Waals surface area contributed by atoms with Crippen LogP contribution in [0.3, 0.4) is 0 Å². The molecule has 3 N–H and O–H groups in total. The zero-order valence-corrected chi connectivity index (χ0v) is 18.1. The Bertz CT molecular complexity index is 1200. The Morgan fingerprint density at radius 1 is 1.06 bits per heavy atom. The summed E-state index contributed by atoms with van der Waals surface area (Å²) in [5, 5.41) is 8.30. The third-order valence-corrected chi connectivity index (χ3v) is 5.48. The fraction of sp³-hybridized carbons (Fsp3) is 0.333. The molecule has 4 aromatic rings. The van der Waals surface area contributed by atoms with Gasteiger partial charge >= 0.3 is 0 Å². The molecule has 1 amide bonds. The van der Waals surface area contributed by atoms with Crippen LogP contribution in [0.15, 0.2) is 42.5 Å². The molecule has 0 bridgehead atoms. The van der Waals surface area contributed by atoms with E-state index >= 15 is 0 Å². The number of hydrogen-bond donors (Lipinski definition) is 2. The number of fused-ring (bicyclic) bond motifs is 3. The van der Waals surface area contributed by atoms with Gasteiger partial charge in [-0.05, 0) is 43.9 Å². The SMILES string of the molecule is CCc1ccc(-c2nc3c4cc(C)ccc4nc(N)n3n2)cc1.O=C1CCCCCN1. The molecule has 5 rings (SSSR count). The highest BCUT2D eigenvalue weighted by atomic mass is 16.1. The first-order valence-corrected chi connectivity index (χ1v) is 10.8. The number of anilines is 1. The number of carbonyl (C=O) groups excluding carboxylic acids is 1. The summed E-state index contributed by atoms with van der Waals surface area (Å²) >= 11 is 0. The summed E-state index contributed by atoms with van der Waals surface area (Å²) < 4.78 is 1.62. The Morgan fingerprint density at radius 3 is 2.65 bits per heavy atom. The summed E-state index contributed by atoms with van der Waals surface area (Å²) in [6.07, 6.45) is 5.19. The number of nitrogens with one attached hydrogen (secondary N) is 1. The first-order chi connectivity index (χ1) is 15.0. The van der Waals surface area contributed by atoms with E-state index in [0.29, 0.717) is 11.8 Å². The molecule has 0 saturated carbocycles. The Morgan fingerprint density at radius 2 is 1.87 bits per heavy atom. The summed E-state index contributed by atoms with van der Waals surface area (Å²) in [7, 11) is 0. The van der Waals surface area contributed by atoms with Crippen LogP contribution in [0.1, 0.15) is 43.7 Å². The number of amides is 1. The highest BCUT2D eigenvalue weighted by molar-refractivity contribution is 5.93. The maximum Gasteiger partial charge on any atom is 0.223 e. The normalized spacial score (nSPS) is 14.1. The van der Waals surface area contributed by atoms with Gasteiger partial charge in [-0.1, -0.05) is 49.2 Å². The van der Waals surface area contributed by atoms with Crippen LogP contribution in [-0.4, -0.2) is 32.0 Å². The Balaban J connectivity index is 0.000000245. The molecule has 1 fully saturated rings. The van der Waals surface area contributed by atoms with Crippen molar-refractivity contribution in [2.75, 3.05) is 12.3 Å². The summed E-state index contributed by atoms with van der Waals surface area (Å²) in [5.74, 6) is 1.23. The van der Waals surface area contributed by atoms with E-state index in [0.717, 1.165) is 59.9 Å². The monoisotopic (exact) mass is 416 g/mol. The quantitative estimate of drug-likeness (QED) is 0.513. The van der Waals surface area contributed by atoms with Gasteiger partial charge in [-0.25, -0.2) is 9.97 Å². The Kier molecular flexibility index (Phi) is 6.11. The van der Waals surface area contributed by atoms with Crippen LogP contribution in [0.2, 0.25) is 0 Å². The first kappa shape index (κ1) is 20.8. The van der Waals surface area contributed by atoms with Gasteiger partial charge in [-0.15, -0.1) is 5.10 Å². The summed E-state index contributed by atoms with van der Waals surface area (Å²) in [6, 6.07) is 14.3. The maximum atomic E-state index is 10.6. The molecule has 160 valence electrons. The Hall–Kier alpha value is -3.48. The number of nitrogens with zero attached hydrogens (tertiary/aromatic N) is 4. The summed E-state index contributed by atoms with van der Waals surface area (Å²) in [5.41, 5.74) is 11.0. The minimum atomic E-state index is 0.225. The molecular formula is C24H28N6O. The van der Waals surface area contributed by atoms with E-state index in [1.165, 1.54) is 12.0 Å². The molecule has 1 aliphatic heterocycles. The van der Waals surface area contributed by atoms with E-state index in [1.54, 1.807) is 4.52 Å². The molecule has 0 aliphatic carbocycles. The molecule has 0 spiro atoms. The number of benzene rings is 2. The van der Waals surface area contributed by atoms with Gasteiger partial charge in [0.05, 0.1) is 5.52 Å². The van der Waals surface area contributed by atoms with E-state index in [1.807, 2.05) is 31.2 Å². The van der Waals surface area contributed by atoms with Crippen molar-refractivity contribution in [1.29, 1.82) is 0 Å². The fourth-order valence-electron chi connectivity index (χ4n) is 3.66. The highest BCUT2D eigenvalue weighted by Crippen LogP contribution is 2.24. The number of hydrogen-bond acceptors (Lipinski definition) is 5. The molecule has 0 radical (unpaired) electrons. The molecule has 7 nitrogen and oxygen atoms in total. The Labute approximate surface area is 181 Å². The lowest BCUT2D eigenvalue weighted by Gasteiger charge is -2.02. The van der Waals surface area contributed by atoms with Crippen molar-refractivity contribution in [3.63, 3.8) is 0 Å². The number of rotatable bonds is 2. The predicted molar refractivity (Wildman–Crippen MR) is 124 cm³/mol. The fourth-order valence-corrected chi connectivity index (χ4v) is 3.66. The lowest BCUT2D eigenvalue weighted by molar-refractivity contribution is -0.120. The minimum absolute atomic E-state index is 0.225. The van der Waals surface area contributed by atoms with Gasteiger partial charge in [0.2, 0.25) is 11.9 Å². The average Bonchev–Trinajstić information content (AvgIpc) is 3.10. The number of aryl methyl sites for hydroxylation is 2. The van der Waals surface area contributed by atoms with Crippen molar-refractivity contribution >= 4 is 28.4 Å². The van der Waals surface area contributed by atoms with Crippen LogP contribution in [0.4, 0.5) is 5.95 Å². The maximum absolute atomic E-state index is 10.6. The van der Waals surface area contributed by atoms with Crippen molar-refractivity contribution in [3.8, 4) is 11.4 Å². The van der Waals surface area contributed by atoms with Gasteiger partial charge in [0.25, 0.3) is 0 Å². The van der Waals surface area contributed by atoms with Crippen LogP contribution in [0.25, 0.3) is 27.9 Å². The van der Waals surface area contributed by atoms with Crippen molar-refractivity contribution < 1.29 is 4.79 Å². The second-order valence-corrected chi connectivity index (χ2v) is 7.87. The average molecular weight is 417 g/mol. The van der Waals surface area contributed by atoms with Crippen LogP contribution in [0, 0.1) is 6.92 Å². The second kappa shape index (κ2) is 9.12. The van der Waals surface area contributed by atoms with Crippen LogP contribution < -0.4 is 11.1 Å². The van der Waals surface area contributed by atoms with Crippen molar-refractivity contribution in [3.05, 3.63) is 53.6 Å². The molecule has 2 aromatic carbocycles. The molecule has 31 heavy (non-hydrogen) atoms. The van der Waals surface area contributed by atoms with Crippen LogP contribution in [-0.2, 0) is 11.2 Å². The predicted octanol–water partition coefficient (Wildman–Crippen LogP) is 4.07. The number of nitrogen functional groups attached to an aromatic ring is 1. The largest absolute Gasteiger partial charge is 0.368 e. The first-order valence-electron chi connectivity index (χ1n) is 10.8. The van der Waals surface area contributed by atoms with E-state index in [9.17, 15) is 4.79 Å². The van der Waals surface area contributed by atoms with Gasteiger partial charge in [0, 0.05) is 23.9 Å². The molecule has 1 aliphatic rings. The number of aromatic nitrogens is 4. The molecule has 3 heterocycles. The van der Waals surface area contributed by atoms with E-state index in [-0.39, 0.29) is 5.91 Å². The lowest BCUT2D eigenvalue weighted by Crippen LogP contribution is -2.21. The number of nitrogens with two attached hydrogens (primary N) is 1. The topological polar surface area (TPSA) is 98.2 Å². The zero-order chi connectivity index (χ0) is 21.8. The van der Waals surface area contributed by atoms with Crippen LogP contribution >= 0.6 is 0 Å². The smallest absolute Gasteiger partial charge is 0.223 e. The third kappa shape index (κ3) is 4.66. The van der Waals surface area contributed by atoms with Crippen molar-refractivity contribution in [1.82, 2.24) is 24.9 Å². The molecule has 2 aromatic heterocycles. The second-order valence-electron chi connectivity index (χ2n) is 7.87. The molecular weight excluding hydrogens is 388 g/mol. The lowest BCUT2D eigenvalue weighted by atomic mass is 10.1. The van der Waals surface area contributed by atoms with Crippen LogP contribution in [0.5, 0.6) is 0 Å². The molecule has 0 atom stereocenters. The number of carbonyl (C=O) groups is 1. The minimum Gasteiger partial charge on any atom is -0.368 e. The standard InChI is InChI=1S/C18H17N5.C6H11NO/c1-3-12-5-7-13(8-6-12)16-21-17-14-10-11(2)4-9-15(14)20-18(19)23(17)22-16;8-6-4-2-1-3-5-7-6/h4-10H,3H2,1-2H3,(H2,19,20);1-5H2,(H,7,8). The van der Waals surface area contributed by atoms with Crippen molar-refractivity contribution in [2.24, 2.45) is 0 Å². The van der Waals surface area contributed by atoms with Gasteiger partial charge < -0.3 is 11.1 Å². The van der Waals surface area contributed by atoms with Gasteiger partial charge in [0.15, 0.2) is 11.5 Å². The van der Waals surface area contributed by atoms with Gasteiger partial charge in [-0.3, -0.25) is 4.79 Å². The molecule has 1 saturated heterocycles. The van der Waals surface area contributed by atoms with E-state index < -0.39 is 0 Å². The van der Waals surface area contributed by atoms with Gasteiger partial charge in [0.1, 0.15) is 0 Å².